The standard InChI is InChI=1S/C11H18O2/c1-7-4-8(5-7)13-10(12)9-6-11(9,2)3/h7-9H,4-6H2,1-3H3. The lowest BCUT2D eigenvalue weighted by atomic mass is 9.84. The zero-order valence-electron chi connectivity index (χ0n) is 8.67. The molecular formula is C11H18O2. The largest absolute Gasteiger partial charge is 0.462 e. The van der Waals surface area contributed by atoms with E-state index in [0.29, 0.717) is 0 Å². The van der Waals surface area contributed by atoms with Crippen LogP contribution in [0.25, 0.3) is 0 Å². The van der Waals surface area contributed by atoms with Crippen molar-refractivity contribution in [2.75, 3.05) is 0 Å². The molecule has 0 aromatic carbocycles. The van der Waals surface area contributed by atoms with Gasteiger partial charge in [-0.05, 0) is 30.6 Å². The van der Waals surface area contributed by atoms with E-state index >= 15 is 0 Å². The second kappa shape index (κ2) is 2.73. The van der Waals surface area contributed by atoms with E-state index in [1.54, 1.807) is 0 Å². The van der Waals surface area contributed by atoms with Gasteiger partial charge in [-0.15, -0.1) is 0 Å². The number of hydrogen-bond donors (Lipinski definition) is 0. The number of ether oxygens (including phenoxy) is 1. The summed E-state index contributed by atoms with van der Waals surface area (Å²) in [7, 11) is 0. The monoisotopic (exact) mass is 182 g/mol. The molecule has 0 aliphatic heterocycles. The highest BCUT2D eigenvalue weighted by Gasteiger charge is 2.52. The first kappa shape index (κ1) is 9.04. The van der Waals surface area contributed by atoms with Gasteiger partial charge in [0.2, 0.25) is 0 Å². The lowest BCUT2D eigenvalue weighted by molar-refractivity contribution is -0.157. The van der Waals surface area contributed by atoms with Crippen LogP contribution in [0.4, 0.5) is 0 Å². The molecule has 2 fully saturated rings. The summed E-state index contributed by atoms with van der Waals surface area (Å²) >= 11 is 0. The molecular weight excluding hydrogens is 164 g/mol. The van der Waals surface area contributed by atoms with Crippen molar-refractivity contribution < 1.29 is 9.53 Å². The van der Waals surface area contributed by atoms with Crippen LogP contribution in [0, 0.1) is 17.3 Å². The van der Waals surface area contributed by atoms with Gasteiger partial charge in [-0.3, -0.25) is 4.79 Å². The zero-order valence-corrected chi connectivity index (χ0v) is 8.67. The number of carbonyl (C=O) groups excluding carboxylic acids is 1. The Morgan fingerprint density at radius 3 is 2.31 bits per heavy atom. The van der Waals surface area contributed by atoms with Gasteiger partial charge in [0.05, 0.1) is 5.92 Å². The first-order valence-electron chi connectivity index (χ1n) is 5.19. The van der Waals surface area contributed by atoms with Crippen LogP contribution in [0.1, 0.15) is 40.0 Å². The van der Waals surface area contributed by atoms with Crippen LogP contribution >= 0.6 is 0 Å². The van der Waals surface area contributed by atoms with Crippen molar-refractivity contribution in [1.29, 1.82) is 0 Å². The molecule has 13 heavy (non-hydrogen) atoms. The van der Waals surface area contributed by atoms with E-state index < -0.39 is 0 Å². The van der Waals surface area contributed by atoms with Gasteiger partial charge in [0.25, 0.3) is 0 Å². The molecule has 74 valence electrons. The molecule has 0 bridgehead atoms. The number of esters is 1. The SMILES string of the molecule is CC1CC(OC(=O)C2CC2(C)C)C1. The molecule has 0 N–H and O–H groups in total. The molecule has 0 amide bonds. The summed E-state index contributed by atoms with van der Waals surface area (Å²) in [6, 6.07) is 0. The van der Waals surface area contributed by atoms with E-state index in [1.807, 2.05) is 0 Å². The van der Waals surface area contributed by atoms with E-state index in [-0.39, 0.29) is 23.4 Å². The average molecular weight is 182 g/mol. The summed E-state index contributed by atoms with van der Waals surface area (Å²) in [6.45, 7) is 6.45. The summed E-state index contributed by atoms with van der Waals surface area (Å²) in [5, 5.41) is 0. The van der Waals surface area contributed by atoms with Crippen LogP contribution in [-0.4, -0.2) is 12.1 Å². The van der Waals surface area contributed by atoms with Crippen LogP contribution in [0.15, 0.2) is 0 Å². The van der Waals surface area contributed by atoms with Gasteiger partial charge < -0.3 is 4.74 Å². The van der Waals surface area contributed by atoms with E-state index in [9.17, 15) is 4.79 Å². The van der Waals surface area contributed by atoms with E-state index in [4.69, 9.17) is 4.74 Å². The van der Waals surface area contributed by atoms with Gasteiger partial charge in [0.1, 0.15) is 6.10 Å². The van der Waals surface area contributed by atoms with E-state index in [0.717, 1.165) is 25.2 Å². The summed E-state index contributed by atoms with van der Waals surface area (Å²) in [5.74, 6) is 0.982. The van der Waals surface area contributed by atoms with Crippen LogP contribution in [0.2, 0.25) is 0 Å². The molecule has 2 aliphatic rings. The first-order chi connectivity index (χ1) is 5.99. The molecule has 2 aliphatic carbocycles. The van der Waals surface area contributed by atoms with Crippen molar-refractivity contribution in [2.24, 2.45) is 17.3 Å². The second-order valence-electron chi connectivity index (χ2n) is 5.38. The zero-order chi connectivity index (χ0) is 9.64. The Hall–Kier alpha value is -0.530. The normalized spacial score (nSPS) is 40.7. The minimum atomic E-state index is 0.0434. The molecule has 2 saturated carbocycles. The Labute approximate surface area is 79.7 Å². The van der Waals surface area contributed by atoms with Gasteiger partial charge in [0, 0.05) is 0 Å². The fourth-order valence-corrected chi connectivity index (χ4v) is 2.04. The molecule has 0 aromatic rings. The Bertz CT molecular complexity index is 226. The topological polar surface area (TPSA) is 26.3 Å². The average Bonchev–Trinajstić information content (AvgIpc) is 2.56. The van der Waals surface area contributed by atoms with Gasteiger partial charge in [-0.25, -0.2) is 0 Å². The Balaban J connectivity index is 1.74. The van der Waals surface area contributed by atoms with Gasteiger partial charge in [-0.2, -0.15) is 0 Å². The van der Waals surface area contributed by atoms with Gasteiger partial charge in [0.15, 0.2) is 0 Å². The predicted molar refractivity (Wildman–Crippen MR) is 50.2 cm³/mol. The fraction of sp³-hybridized carbons (Fsp3) is 0.909. The number of carbonyl (C=O) groups is 1. The van der Waals surface area contributed by atoms with Crippen LogP contribution < -0.4 is 0 Å². The summed E-state index contributed by atoms with van der Waals surface area (Å²) in [5.41, 5.74) is 0.215. The maximum atomic E-state index is 11.5. The van der Waals surface area contributed by atoms with E-state index in [2.05, 4.69) is 20.8 Å². The summed E-state index contributed by atoms with van der Waals surface area (Å²) < 4.78 is 5.38. The molecule has 0 radical (unpaired) electrons. The maximum Gasteiger partial charge on any atom is 0.309 e. The third-order valence-electron chi connectivity index (χ3n) is 3.41. The van der Waals surface area contributed by atoms with Crippen molar-refractivity contribution in [3.05, 3.63) is 0 Å². The highest BCUT2D eigenvalue weighted by atomic mass is 16.5. The molecule has 1 atom stereocenters. The first-order valence-corrected chi connectivity index (χ1v) is 5.19. The quantitative estimate of drug-likeness (QED) is 0.613. The van der Waals surface area contributed by atoms with Crippen molar-refractivity contribution >= 4 is 5.97 Å². The van der Waals surface area contributed by atoms with E-state index in [1.165, 1.54) is 0 Å². The lowest BCUT2D eigenvalue weighted by Gasteiger charge is -2.32. The molecule has 2 rings (SSSR count). The highest BCUT2D eigenvalue weighted by Crippen LogP contribution is 2.52. The molecule has 2 nitrogen and oxygen atoms in total. The van der Waals surface area contributed by atoms with Crippen molar-refractivity contribution in [2.45, 2.75) is 46.1 Å². The van der Waals surface area contributed by atoms with Crippen molar-refractivity contribution in [1.82, 2.24) is 0 Å². The number of rotatable bonds is 2. The lowest BCUT2D eigenvalue weighted by Crippen LogP contribution is -2.32. The smallest absolute Gasteiger partial charge is 0.309 e. The molecule has 0 heterocycles. The second-order valence-corrected chi connectivity index (χ2v) is 5.38. The van der Waals surface area contributed by atoms with Crippen LogP contribution in [-0.2, 0) is 9.53 Å². The minimum Gasteiger partial charge on any atom is -0.462 e. The predicted octanol–water partition coefficient (Wildman–Crippen LogP) is 2.37. The molecule has 0 aromatic heterocycles. The van der Waals surface area contributed by atoms with Crippen molar-refractivity contribution in [3.63, 3.8) is 0 Å². The summed E-state index contributed by atoms with van der Waals surface area (Å²) in [6.07, 6.45) is 3.38. The molecule has 1 unspecified atom stereocenters. The maximum absolute atomic E-state index is 11.5. The third kappa shape index (κ3) is 1.72. The Morgan fingerprint density at radius 2 is 1.92 bits per heavy atom. The Morgan fingerprint density at radius 1 is 1.38 bits per heavy atom. The van der Waals surface area contributed by atoms with Crippen LogP contribution in [0.3, 0.4) is 0 Å². The van der Waals surface area contributed by atoms with Crippen molar-refractivity contribution in [3.8, 4) is 0 Å². The summed E-state index contributed by atoms with van der Waals surface area (Å²) in [4.78, 5) is 11.5. The molecule has 2 heteroatoms. The fourth-order valence-electron chi connectivity index (χ4n) is 2.04. The van der Waals surface area contributed by atoms with Crippen LogP contribution in [0.5, 0.6) is 0 Å². The Kier molecular flexibility index (Phi) is 1.90. The molecule has 0 saturated heterocycles. The number of hydrogen-bond acceptors (Lipinski definition) is 2. The molecule has 0 spiro atoms. The van der Waals surface area contributed by atoms with Gasteiger partial charge in [-0.1, -0.05) is 20.8 Å². The third-order valence-corrected chi connectivity index (χ3v) is 3.41. The highest BCUT2D eigenvalue weighted by molar-refractivity contribution is 5.76. The van der Waals surface area contributed by atoms with Gasteiger partial charge >= 0.3 is 5.97 Å². The minimum absolute atomic E-state index is 0.0434.